The highest BCUT2D eigenvalue weighted by Crippen LogP contribution is 2.32. The highest BCUT2D eigenvalue weighted by Gasteiger charge is 2.16. The molecule has 1 fully saturated rings. The minimum atomic E-state index is -0.141. The lowest BCUT2D eigenvalue weighted by Gasteiger charge is -2.30. The maximum atomic E-state index is 6.48. The number of H-pyrrole nitrogens is 1. The molecule has 0 atom stereocenters. The number of halogens is 1. The van der Waals surface area contributed by atoms with E-state index < -0.39 is 0 Å². The zero-order valence-corrected chi connectivity index (χ0v) is 15.2. The second-order valence-corrected chi connectivity index (χ2v) is 8.18. The van der Waals surface area contributed by atoms with E-state index in [0.717, 1.165) is 65.3 Å². The van der Waals surface area contributed by atoms with Crippen LogP contribution in [-0.4, -0.2) is 47.4 Å². The summed E-state index contributed by atoms with van der Waals surface area (Å²) in [5.41, 5.74) is 8.92. The molecule has 0 spiro atoms. The van der Waals surface area contributed by atoms with Crippen LogP contribution in [0.5, 0.6) is 0 Å². The van der Waals surface area contributed by atoms with E-state index in [1.54, 1.807) is 11.8 Å². The van der Waals surface area contributed by atoms with E-state index in [9.17, 15) is 0 Å². The van der Waals surface area contributed by atoms with Crippen LogP contribution in [0, 0.1) is 0 Å². The standard InChI is InChI=1S/C16H24ClN5S/c1-16(2,18)3-8-23-15-20-12-9-11(17)14(10-13(12)21-15)22-6-4-19-5-7-22/h9-10,19H,3-8,18H2,1-2H3,(H,20,21). The summed E-state index contributed by atoms with van der Waals surface area (Å²) in [5.74, 6) is 0.946. The predicted molar refractivity (Wildman–Crippen MR) is 99.8 cm³/mol. The number of hydrogen-bond acceptors (Lipinski definition) is 5. The second-order valence-electron chi connectivity index (χ2n) is 6.69. The Bertz CT molecular complexity index is 673. The second kappa shape index (κ2) is 6.89. The summed E-state index contributed by atoms with van der Waals surface area (Å²) < 4.78 is 0. The Morgan fingerprint density at radius 3 is 2.78 bits per heavy atom. The van der Waals surface area contributed by atoms with Gasteiger partial charge >= 0.3 is 0 Å². The topological polar surface area (TPSA) is 70.0 Å². The molecule has 0 amide bonds. The summed E-state index contributed by atoms with van der Waals surface area (Å²) in [7, 11) is 0. The van der Waals surface area contributed by atoms with E-state index in [1.807, 2.05) is 19.9 Å². The Balaban J connectivity index is 1.77. The maximum Gasteiger partial charge on any atom is 0.166 e. The molecule has 7 heteroatoms. The van der Waals surface area contributed by atoms with E-state index in [0.29, 0.717) is 0 Å². The van der Waals surface area contributed by atoms with E-state index in [2.05, 4.69) is 21.3 Å². The van der Waals surface area contributed by atoms with Crippen LogP contribution in [0.4, 0.5) is 5.69 Å². The molecule has 1 aliphatic rings. The van der Waals surface area contributed by atoms with Crippen molar-refractivity contribution < 1.29 is 0 Å². The molecule has 0 saturated carbocycles. The number of fused-ring (bicyclic) bond motifs is 1. The Morgan fingerprint density at radius 1 is 1.35 bits per heavy atom. The van der Waals surface area contributed by atoms with Crippen LogP contribution in [0.25, 0.3) is 11.0 Å². The number of nitrogens with one attached hydrogen (secondary N) is 2. The maximum absolute atomic E-state index is 6.48. The van der Waals surface area contributed by atoms with Gasteiger partial charge < -0.3 is 20.9 Å². The number of rotatable bonds is 5. The summed E-state index contributed by atoms with van der Waals surface area (Å²) in [6.45, 7) is 8.03. The molecule has 0 aliphatic carbocycles. The van der Waals surface area contributed by atoms with Gasteiger partial charge in [0, 0.05) is 37.5 Å². The molecular formula is C16H24ClN5S. The van der Waals surface area contributed by atoms with Gasteiger partial charge in [0.05, 0.1) is 21.7 Å². The molecule has 5 nitrogen and oxygen atoms in total. The quantitative estimate of drug-likeness (QED) is 0.721. The summed E-state index contributed by atoms with van der Waals surface area (Å²) in [6, 6.07) is 4.08. The van der Waals surface area contributed by atoms with Crippen LogP contribution >= 0.6 is 23.4 Å². The first-order valence-electron chi connectivity index (χ1n) is 7.99. The van der Waals surface area contributed by atoms with Crippen LogP contribution in [0.15, 0.2) is 17.3 Å². The monoisotopic (exact) mass is 353 g/mol. The molecule has 0 radical (unpaired) electrons. The normalized spacial score (nSPS) is 16.3. The average molecular weight is 354 g/mol. The Hall–Kier alpha value is -0.950. The van der Waals surface area contributed by atoms with Crippen molar-refractivity contribution in [2.75, 3.05) is 36.8 Å². The first kappa shape index (κ1) is 16.9. The fraction of sp³-hybridized carbons (Fsp3) is 0.562. The molecular weight excluding hydrogens is 330 g/mol. The number of hydrogen-bond donors (Lipinski definition) is 3. The minimum Gasteiger partial charge on any atom is -0.368 e. The highest BCUT2D eigenvalue weighted by atomic mass is 35.5. The number of thioether (sulfide) groups is 1. The third kappa shape index (κ3) is 4.32. The number of piperazine rings is 1. The number of imidazole rings is 1. The van der Waals surface area contributed by atoms with Crippen molar-refractivity contribution in [2.24, 2.45) is 5.73 Å². The SMILES string of the molecule is CC(C)(N)CCSc1nc2cc(N3CCNCC3)c(Cl)cc2[nH]1. The summed E-state index contributed by atoms with van der Waals surface area (Å²) in [6.07, 6.45) is 0.946. The molecule has 126 valence electrons. The molecule has 2 aromatic rings. The molecule has 23 heavy (non-hydrogen) atoms. The van der Waals surface area contributed by atoms with E-state index in [-0.39, 0.29) is 5.54 Å². The molecule has 2 heterocycles. The zero-order chi connectivity index (χ0) is 16.4. The number of nitrogens with zero attached hydrogens (tertiary/aromatic N) is 2. The molecule has 1 saturated heterocycles. The van der Waals surface area contributed by atoms with Gasteiger partial charge in [-0.05, 0) is 32.4 Å². The molecule has 1 aromatic heterocycles. The van der Waals surface area contributed by atoms with Crippen molar-refractivity contribution in [3.63, 3.8) is 0 Å². The number of aromatic nitrogens is 2. The van der Waals surface area contributed by atoms with Crippen LogP contribution in [0.2, 0.25) is 5.02 Å². The van der Waals surface area contributed by atoms with Gasteiger partial charge in [0.1, 0.15) is 0 Å². The summed E-state index contributed by atoms with van der Waals surface area (Å²) >= 11 is 8.18. The molecule has 1 aliphatic heterocycles. The molecule has 0 bridgehead atoms. The average Bonchev–Trinajstić information content (AvgIpc) is 2.87. The first-order chi connectivity index (χ1) is 10.9. The van der Waals surface area contributed by atoms with Crippen molar-refractivity contribution in [1.29, 1.82) is 0 Å². The number of aromatic amines is 1. The van der Waals surface area contributed by atoms with E-state index in [4.69, 9.17) is 22.3 Å². The third-order valence-corrected chi connectivity index (χ3v) is 5.15. The van der Waals surface area contributed by atoms with E-state index in [1.165, 1.54) is 0 Å². The minimum absolute atomic E-state index is 0.141. The largest absolute Gasteiger partial charge is 0.368 e. The summed E-state index contributed by atoms with van der Waals surface area (Å²) in [4.78, 5) is 10.4. The fourth-order valence-electron chi connectivity index (χ4n) is 2.62. The van der Waals surface area contributed by atoms with Crippen LogP contribution in [0.3, 0.4) is 0 Å². The van der Waals surface area contributed by atoms with Gasteiger partial charge in [-0.25, -0.2) is 4.98 Å². The Labute approximate surface area is 146 Å². The fourth-order valence-corrected chi connectivity index (χ4v) is 4.07. The highest BCUT2D eigenvalue weighted by molar-refractivity contribution is 7.99. The van der Waals surface area contributed by atoms with Crippen LogP contribution < -0.4 is 16.0 Å². The van der Waals surface area contributed by atoms with Crippen molar-refractivity contribution in [3.05, 3.63) is 17.2 Å². The van der Waals surface area contributed by atoms with E-state index >= 15 is 0 Å². The number of benzene rings is 1. The molecule has 4 N–H and O–H groups in total. The lowest BCUT2D eigenvalue weighted by molar-refractivity contribution is 0.506. The predicted octanol–water partition coefficient (Wildman–Crippen LogP) is 2.85. The van der Waals surface area contributed by atoms with Gasteiger partial charge in [-0.1, -0.05) is 23.4 Å². The molecule has 0 unspecified atom stereocenters. The molecule has 3 rings (SSSR count). The Morgan fingerprint density at radius 2 is 2.09 bits per heavy atom. The van der Waals surface area contributed by atoms with Crippen LogP contribution in [-0.2, 0) is 0 Å². The molecule has 1 aromatic carbocycles. The van der Waals surface area contributed by atoms with Crippen molar-refractivity contribution in [1.82, 2.24) is 15.3 Å². The lowest BCUT2D eigenvalue weighted by atomic mass is 10.0. The summed E-state index contributed by atoms with van der Waals surface area (Å²) in [5, 5.41) is 5.07. The third-order valence-electron chi connectivity index (χ3n) is 3.97. The van der Waals surface area contributed by atoms with Gasteiger partial charge in [0.15, 0.2) is 5.16 Å². The van der Waals surface area contributed by atoms with Gasteiger partial charge in [-0.3, -0.25) is 0 Å². The first-order valence-corrected chi connectivity index (χ1v) is 9.35. The van der Waals surface area contributed by atoms with Crippen molar-refractivity contribution in [3.8, 4) is 0 Å². The number of nitrogens with two attached hydrogens (primary N) is 1. The Kier molecular flexibility index (Phi) is 5.06. The van der Waals surface area contributed by atoms with Gasteiger partial charge in [0.2, 0.25) is 0 Å². The van der Waals surface area contributed by atoms with Gasteiger partial charge in [0.25, 0.3) is 0 Å². The van der Waals surface area contributed by atoms with Gasteiger partial charge in [-0.15, -0.1) is 0 Å². The zero-order valence-electron chi connectivity index (χ0n) is 13.7. The lowest BCUT2D eigenvalue weighted by Crippen LogP contribution is -2.43. The van der Waals surface area contributed by atoms with Crippen molar-refractivity contribution in [2.45, 2.75) is 31.0 Å². The number of anilines is 1. The van der Waals surface area contributed by atoms with Gasteiger partial charge in [-0.2, -0.15) is 0 Å². The smallest absolute Gasteiger partial charge is 0.166 e. The van der Waals surface area contributed by atoms with Crippen molar-refractivity contribution >= 4 is 40.1 Å². The van der Waals surface area contributed by atoms with Crippen LogP contribution in [0.1, 0.15) is 20.3 Å².